The highest BCUT2D eigenvalue weighted by atomic mass is 19.4. The molecule has 0 aliphatic carbocycles. The molecule has 0 bridgehead atoms. The largest absolute Gasteiger partial charge is 0.493 e. The third kappa shape index (κ3) is 4.90. The van der Waals surface area contributed by atoms with E-state index in [-0.39, 0.29) is 39.9 Å². The third-order valence-electron chi connectivity index (χ3n) is 4.73. The van der Waals surface area contributed by atoms with Gasteiger partial charge in [0.1, 0.15) is 0 Å². The second-order valence-electron chi connectivity index (χ2n) is 6.74. The third-order valence-corrected chi connectivity index (χ3v) is 4.73. The number of alkyl halides is 3. The van der Waals surface area contributed by atoms with E-state index in [1.54, 1.807) is 0 Å². The summed E-state index contributed by atoms with van der Waals surface area (Å²) < 4.78 is 60.6. The van der Waals surface area contributed by atoms with Crippen molar-refractivity contribution >= 4 is 17.6 Å². The second-order valence-corrected chi connectivity index (χ2v) is 6.74. The molecule has 34 heavy (non-hydrogen) atoms. The number of methoxy groups -OCH3 is 4. The van der Waals surface area contributed by atoms with Crippen molar-refractivity contribution < 1.29 is 41.7 Å². The molecule has 180 valence electrons. The Balaban J connectivity index is 2.01. The Kier molecular flexibility index (Phi) is 6.99. The standard InChI is InChI=1S/C22H20F3N3O6/c1-31-16-9-14(21(30)34-4)15(10-17(16)32-2)26-20(29)19-18(33-3)11-28(27-19)13-7-5-6-12(8-13)22(23,24)25/h5-11H,1-4H3,(H,26,29). The van der Waals surface area contributed by atoms with E-state index in [4.69, 9.17) is 18.9 Å². The number of amides is 1. The number of esters is 1. The molecule has 1 aromatic heterocycles. The zero-order valence-corrected chi connectivity index (χ0v) is 18.5. The Morgan fingerprint density at radius 1 is 0.941 bits per heavy atom. The van der Waals surface area contributed by atoms with Crippen LogP contribution in [0.15, 0.2) is 42.6 Å². The van der Waals surface area contributed by atoms with Crippen molar-refractivity contribution in [3.05, 3.63) is 59.4 Å². The number of carbonyl (C=O) groups excluding carboxylic acids is 2. The van der Waals surface area contributed by atoms with Gasteiger partial charge in [0.05, 0.1) is 57.1 Å². The number of halogens is 3. The number of hydrogen-bond acceptors (Lipinski definition) is 7. The Hall–Kier alpha value is -4.22. The van der Waals surface area contributed by atoms with Crippen LogP contribution in [0.3, 0.4) is 0 Å². The van der Waals surface area contributed by atoms with Crippen molar-refractivity contribution in [2.24, 2.45) is 0 Å². The van der Waals surface area contributed by atoms with Crippen LogP contribution >= 0.6 is 0 Å². The summed E-state index contributed by atoms with van der Waals surface area (Å²) in [6, 6.07) is 7.12. The molecule has 0 fully saturated rings. The number of benzene rings is 2. The van der Waals surface area contributed by atoms with Gasteiger partial charge in [-0.25, -0.2) is 9.48 Å². The molecule has 1 amide bonds. The van der Waals surface area contributed by atoms with E-state index in [9.17, 15) is 22.8 Å². The van der Waals surface area contributed by atoms with Gasteiger partial charge in [0.25, 0.3) is 5.91 Å². The van der Waals surface area contributed by atoms with Gasteiger partial charge in [0.2, 0.25) is 0 Å². The quantitative estimate of drug-likeness (QED) is 0.512. The predicted octanol–water partition coefficient (Wildman–Crippen LogP) is 3.96. The van der Waals surface area contributed by atoms with Crippen molar-refractivity contribution in [3.63, 3.8) is 0 Å². The molecule has 0 saturated heterocycles. The summed E-state index contributed by atoms with van der Waals surface area (Å²) in [6.07, 6.45) is -3.29. The van der Waals surface area contributed by atoms with Crippen molar-refractivity contribution in [2.75, 3.05) is 33.8 Å². The molecule has 0 unspecified atom stereocenters. The minimum absolute atomic E-state index is 0.00462. The molecule has 3 rings (SSSR count). The van der Waals surface area contributed by atoms with Crippen LogP contribution < -0.4 is 19.5 Å². The first kappa shape index (κ1) is 24.4. The Bertz CT molecular complexity index is 1220. The number of carbonyl (C=O) groups is 2. The molecule has 0 aliphatic heterocycles. The molecule has 0 spiro atoms. The van der Waals surface area contributed by atoms with Crippen LogP contribution in [0.2, 0.25) is 0 Å². The molecule has 0 atom stereocenters. The monoisotopic (exact) mass is 479 g/mol. The molecular weight excluding hydrogens is 459 g/mol. The number of hydrogen-bond donors (Lipinski definition) is 1. The molecular formula is C22H20F3N3O6. The highest BCUT2D eigenvalue weighted by Gasteiger charge is 2.31. The highest BCUT2D eigenvalue weighted by molar-refractivity contribution is 6.08. The maximum Gasteiger partial charge on any atom is 0.416 e. The van der Waals surface area contributed by atoms with Crippen molar-refractivity contribution in [1.82, 2.24) is 9.78 Å². The van der Waals surface area contributed by atoms with Crippen molar-refractivity contribution in [2.45, 2.75) is 6.18 Å². The minimum atomic E-state index is -4.55. The van der Waals surface area contributed by atoms with Crippen molar-refractivity contribution in [3.8, 4) is 22.9 Å². The van der Waals surface area contributed by atoms with E-state index in [2.05, 4.69) is 10.4 Å². The molecule has 0 aliphatic rings. The van der Waals surface area contributed by atoms with Crippen LogP contribution in [0.5, 0.6) is 17.2 Å². The van der Waals surface area contributed by atoms with Gasteiger partial charge in [-0.15, -0.1) is 0 Å². The smallest absolute Gasteiger partial charge is 0.416 e. The van der Waals surface area contributed by atoms with Crippen LogP contribution in [0, 0.1) is 0 Å². The van der Waals surface area contributed by atoms with E-state index >= 15 is 0 Å². The van der Waals surface area contributed by atoms with Crippen LogP contribution in [0.1, 0.15) is 26.4 Å². The normalized spacial score (nSPS) is 11.0. The first-order valence-electron chi connectivity index (χ1n) is 9.59. The van der Waals surface area contributed by atoms with Gasteiger partial charge in [0, 0.05) is 12.1 Å². The van der Waals surface area contributed by atoms with E-state index in [1.165, 1.54) is 58.9 Å². The van der Waals surface area contributed by atoms with Gasteiger partial charge in [-0.05, 0) is 18.2 Å². The van der Waals surface area contributed by atoms with Gasteiger partial charge in [0.15, 0.2) is 22.9 Å². The first-order valence-corrected chi connectivity index (χ1v) is 9.59. The van der Waals surface area contributed by atoms with Crippen LogP contribution in [0.4, 0.5) is 18.9 Å². The maximum atomic E-state index is 13.1. The van der Waals surface area contributed by atoms with Gasteiger partial charge >= 0.3 is 12.1 Å². The summed E-state index contributed by atoms with van der Waals surface area (Å²) in [5.41, 5.74) is -1.03. The van der Waals surface area contributed by atoms with Gasteiger partial charge < -0.3 is 24.3 Å². The molecule has 1 heterocycles. The van der Waals surface area contributed by atoms with Gasteiger partial charge in [-0.1, -0.05) is 6.07 Å². The summed E-state index contributed by atoms with van der Waals surface area (Å²) in [5, 5.41) is 6.61. The Morgan fingerprint density at radius 2 is 1.59 bits per heavy atom. The molecule has 9 nitrogen and oxygen atoms in total. The minimum Gasteiger partial charge on any atom is -0.493 e. The summed E-state index contributed by atoms with van der Waals surface area (Å²) in [6.45, 7) is 0. The first-order chi connectivity index (χ1) is 16.1. The predicted molar refractivity (Wildman–Crippen MR) is 114 cm³/mol. The summed E-state index contributed by atoms with van der Waals surface area (Å²) in [4.78, 5) is 25.2. The Morgan fingerprint density at radius 3 is 2.18 bits per heavy atom. The summed E-state index contributed by atoms with van der Waals surface area (Å²) >= 11 is 0. The lowest BCUT2D eigenvalue weighted by atomic mass is 10.1. The lowest BCUT2D eigenvalue weighted by Gasteiger charge is -2.14. The fourth-order valence-electron chi connectivity index (χ4n) is 3.06. The van der Waals surface area contributed by atoms with E-state index in [0.29, 0.717) is 0 Å². The molecule has 12 heteroatoms. The number of ether oxygens (including phenoxy) is 4. The molecule has 1 N–H and O–H groups in total. The number of aromatic nitrogens is 2. The lowest BCUT2D eigenvalue weighted by molar-refractivity contribution is -0.137. The zero-order chi connectivity index (χ0) is 25.0. The number of nitrogens with one attached hydrogen (secondary N) is 1. The van der Waals surface area contributed by atoms with Gasteiger partial charge in [-0.3, -0.25) is 4.79 Å². The van der Waals surface area contributed by atoms with Crippen LogP contribution in [-0.4, -0.2) is 50.1 Å². The average Bonchev–Trinajstić information content (AvgIpc) is 3.27. The number of anilines is 1. The maximum absolute atomic E-state index is 13.1. The zero-order valence-electron chi connectivity index (χ0n) is 18.5. The SMILES string of the molecule is COC(=O)c1cc(OC)c(OC)cc1NC(=O)c1nn(-c2cccc(C(F)(F)F)c2)cc1OC. The highest BCUT2D eigenvalue weighted by Crippen LogP contribution is 2.35. The molecule has 3 aromatic rings. The van der Waals surface area contributed by atoms with E-state index in [0.717, 1.165) is 16.8 Å². The summed E-state index contributed by atoms with van der Waals surface area (Å²) in [5.74, 6) is -1.09. The average molecular weight is 479 g/mol. The molecule has 0 saturated carbocycles. The number of rotatable bonds is 7. The Labute approximate surface area is 192 Å². The topological polar surface area (TPSA) is 101 Å². The second kappa shape index (κ2) is 9.73. The van der Waals surface area contributed by atoms with Gasteiger partial charge in [-0.2, -0.15) is 18.3 Å². The molecule has 2 aromatic carbocycles. The van der Waals surface area contributed by atoms with Crippen LogP contribution in [0.25, 0.3) is 5.69 Å². The van der Waals surface area contributed by atoms with E-state index < -0.39 is 23.6 Å². The summed E-state index contributed by atoms with van der Waals surface area (Å²) in [7, 11) is 5.20. The lowest BCUT2D eigenvalue weighted by Crippen LogP contribution is -2.17. The fraction of sp³-hybridized carbons (Fsp3) is 0.227. The van der Waals surface area contributed by atoms with Crippen LogP contribution in [-0.2, 0) is 10.9 Å². The molecule has 0 radical (unpaired) electrons. The van der Waals surface area contributed by atoms with Crippen molar-refractivity contribution in [1.29, 1.82) is 0 Å². The van der Waals surface area contributed by atoms with E-state index in [1.807, 2.05) is 0 Å². The number of nitrogens with zero attached hydrogens (tertiary/aromatic N) is 2. The fourth-order valence-corrected chi connectivity index (χ4v) is 3.06.